The Morgan fingerprint density at radius 1 is 1.23 bits per heavy atom. The molecule has 194 valence electrons. The SMILES string of the molecule is CCCc1cc2c(c(O[C@H]3O[C@H](O)[C@@H](O)[C@H](O)[C@H]3CO)c1C(=O)O)C1C=C(C)CCC1C(C)(C)O2. The number of allylic oxidation sites excluding steroid dienone is 2. The van der Waals surface area contributed by atoms with Crippen LogP contribution in [0, 0.1) is 11.8 Å². The van der Waals surface area contributed by atoms with Gasteiger partial charge in [-0.05, 0) is 51.7 Å². The minimum atomic E-state index is -1.76. The van der Waals surface area contributed by atoms with Crippen LogP contribution in [0.4, 0.5) is 0 Å². The molecule has 2 aliphatic heterocycles. The average Bonchev–Trinajstić information content (AvgIpc) is 2.77. The summed E-state index contributed by atoms with van der Waals surface area (Å²) in [6, 6.07) is 1.78. The van der Waals surface area contributed by atoms with Gasteiger partial charge in [-0.2, -0.15) is 0 Å². The van der Waals surface area contributed by atoms with E-state index in [0.717, 1.165) is 12.8 Å². The number of aryl methyl sites for hydroxylation is 1. The van der Waals surface area contributed by atoms with E-state index in [1.165, 1.54) is 5.57 Å². The molecule has 35 heavy (non-hydrogen) atoms. The molecule has 1 aromatic rings. The first-order chi connectivity index (χ1) is 16.5. The second-order valence-electron chi connectivity index (χ2n) is 10.4. The fourth-order valence-electron chi connectivity index (χ4n) is 5.74. The molecule has 1 fully saturated rings. The Bertz CT molecular complexity index is 1000. The lowest BCUT2D eigenvalue weighted by atomic mass is 9.67. The van der Waals surface area contributed by atoms with Crippen LogP contribution in [0.25, 0.3) is 0 Å². The zero-order valence-corrected chi connectivity index (χ0v) is 20.6. The Kier molecular flexibility index (Phi) is 7.19. The number of carboxylic acids is 1. The van der Waals surface area contributed by atoms with Crippen molar-refractivity contribution in [2.45, 2.75) is 89.7 Å². The molecule has 4 rings (SSSR count). The van der Waals surface area contributed by atoms with Crippen LogP contribution in [0.15, 0.2) is 17.7 Å². The van der Waals surface area contributed by atoms with Gasteiger partial charge in [0.2, 0.25) is 6.29 Å². The Labute approximate surface area is 204 Å². The topological polar surface area (TPSA) is 146 Å². The van der Waals surface area contributed by atoms with Crippen molar-refractivity contribution in [1.29, 1.82) is 0 Å². The van der Waals surface area contributed by atoms with E-state index in [1.54, 1.807) is 6.07 Å². The monoisotopic (exact) mass is 492 g/mol. The molecule has 0 bridgehead atoms. The number of aliphatic hydroxyl groups is 4. The Morgan fingerprint density at radius 2 is 1.94 bits per heavy atom. The van der Waals surface area contributed by atoms with Crippen molar-refractivity contribution in [2.24, 2.45) is 11.8 Å². The van der Waals surface area contributed by atoms with E-state index in [-0.39, 0.29) is 23.1 Å². The highest BCUT2D eigenvalue weighted by atomic mass is 16.7. The van der Waals surface area contributed by atoms with Crippen LogP contribution < -0.4 is 9.47 Å². The molecule has 3 aliphatic rings. The summed E-state index contributed by atoms with van der Waals surface area (Å²) in [5.41, 5.74) is 1.79. The van der Waals surface area contributed by atoms with Gasteiger partial charge in [0.25, 0.3) is 0 Å². The molecular weight excluding hydrogens is 456 g/mol. The molecule has 1 aromatic carbocycles. The van der Waals surface area contributed by atoms with Crippen molar-refractivity contribution in [1.82, 2.24) is 0 Å². The molecule has 7 atom stereocenters. The number of ether oxygens (including phenoxy) is 3. The van der Waals surface area contributed by atoms with Crippen LogP contribution in [0.1, 0.15) is 74.4 Å². The van der Waals surface area contributed by atoms with Gasteiger partial charge in [0.15, 0.2) is 6.29 Å². The lowest BCUT2D eigenvalue weighted by molar-refractivity contribution is -0.313. The highest BCUT2D eigenvalue weighted by molar-refractivity contribution is 5.94. The molecule has 0 amide bonds. The minimum Gasteiger partial charge on any atom is -0.487 e. The summed E-state index contributed by atoms with van der Waals surface area (Å²) in [7, 11) is 0. The van der Waals surface area contributed by atoms with E-state index >= 15 is 0 Å². The summed E-state index contributed by atoms with van der Waals surface area (Å²) < 4.78 is 18.0. The van der Waals surface area contributed by atoms with Crippen LogP contribution in [0.5, 0.6) is 11.5 Å². The number of aliphatic hydroxyl groups excluding tert-OH is 4. The highest BCUT2D eigenvalue weighted by Crippen LogP contribution is 2.55. The molecule has 2 unspecified atom stereocenters. The smallest absolute Gasteiger partial charge is 0.339 e. The Hall–Kier alpha value is -2.17. The normalized spacial score (nSPS) is 33.7. The van der Waals surface area contributed by atoms with Gasteiger partial charge in [0, 0.05) is 17.4 Å². The predicted molar refractivity (Wildman–Crippen MR) is 125 cm³/mol. The average molecular weight is 493 g/mol. The third-order valence-corrected chi connectivity index (χ3v) is 7.59. The quantitative estimate of drug-likeness (QED) is 0.378. The summed E-state index contributed by atoms with van der Waals surface area (Å²) in [4.78, 5) is 12.6. The van der Waals surface area contributed by atoms with Crippen molar-refractivity contribution in [2.75, 3.05) is 6.61 Å². The minimum absolute atomic E-state index is 0.0281. The molecule has 0 aromatic heterocycles. The van der Waals surface area contributed by atoms with Gasteiger partial charge in [-0.3, -0.25) is 0 Å². The largest absolute Gasteiger partial charge is 0.487 e. The molecule has 0 radical (unpaired) electrons. The third-order valence-electron chi connectivity index (χ3n) is 7.59. The Balaban J connectivity index is 1.92. The molecule has 9 nitrogen and oxygen atoms in total. The first-order valence-electron chi connectivity index (χ1n) is 12.3. The van der Waals surface area contributed by atoms with Crippen LogP contribution in [0.3, 0.4) is 0 Å². The fourth-order valence-corrected chi connectivity index (χ4v) is 5.74. The maximum atomic E-state index is 12.6. The van der Waals surface area contributed by atoms with Crippen molar-refractivity contribution in [3.8, 4) is 11.5 Å². The van der Waals surface area contributed by atoms with Gasteiger partial charge in [0.05, 0.1) is 18.6 Å². The standard InChI is InChI=1S/C26H36O9/c1-5-6-13-10-17-19(14-9-12(2)7-8-16(14)26(3,4)35-17)22(18(13)23(30)31)33-25-15(11-27)20(28)21(29)24(32)34-25/h9-10,14-16,20-21,24-25,27-29,32H,5-8,11H2,1-4H3,(H,30,31)/t14?,15-,16?,20-,21+,24+,25+/m1/s1. The summed E-state index contributed by atoms with van der Waals surface area (Å²) in [6.07, 6.45) is -1.26. The zero-order valence-electron chi connectivity index (χ0n) is 20.6. The molecule has 0 spiro atoms. The molecule has 9 heteroatoms. The lowest BCUT2D eigenvalue weighted by Crippen LogP contribution is -2.57. The van der Waals surface area contributed by atoms with Crippen molar-refractivity contribution >= 4 is 5.97 Å². The van der Waals surface area contributed by atoms with Gasteiger partial charge in [0.1, 0.15) is 28.8 Å². The van der Waals surface area contributed by atoms with Gasteiger partial charge in [-0.1, -0.05) is 25.0 Å². The fraction of sp³-hybridized carbons (Fsp3) is 0.654. The van der Waals surface area contributed by atoms with Crippen LogP contribution >= 0.6 is 0 Å². The van der Waals surface area contributed by atoms with Gasteiger partial charge < -0.3 is 39.7 Å². The number of fused-ring (bicyclic) bond motifs is 3. The lowest BCUT2D eigenvalue weighted by Gasteiger charge is -2.47. The van der Waals surface area contributed by atoms with Crippen LogP contribution in [-0.2, 0) is 11.2 Å². The van der Waals surface area contributed by atoms with E-state index in [4.69, 9.17) is 14.2 Å². The molecule has 2 heterocycles. The summed E-state index contributed by atoms with van der Waals surface area (Å²) in [6.45, 7) is 7.45. The number of carboxylic acid groups (broad SMARTS) is 1. The van der Waals surface area contributed by atoms with Crippen LogP contribution in [-0.4, -0.2) is 68.5 Å². The third kappa shape index (κ3) is 4.56. The van der Waals surface area contributed by atoms with Crippen LogP contribution in [0.2, 0.25) is 0 Å². The maximum Gasteiger partial charge on any atom is 0.339 e. The van der Waals surface area contributed by atoms with Gasteiger partial charge >= 0.3 is 5.97 Å². The summed E-state index contributed by atoms with van der Waals surface area (Å²) in [5.74, 6) is -1.82. The number of rotatable bonds is 6. The zero-order chi connectivity index (χ0) is 25.7. The summed E-state index contributed by atoms with van der Waals surface area (Å²) >= 11 is 0. The first kappa shape index (κ1) is 25.9. The second-order valence-corrected chi connectivity index (χ2v) is 10.4. The van der Waals surface area contributed by atoms with Gasteiger partial charge in [-0.15, -0.1) is 0 Å². The first-order valence-corrected chi connectivity index (χ1v) is 12.3. The summed E-state index contributed by atoms with van der Waals surface area (Å²) in [5, 5.41) is 50.7. The number of hydrogen-bond acceptors (Lipinski definition) is 8. The van der Waals surface area contributed by atoms with E-state index in [1.807, 2.05) is 27.7 Å². The number of aromatic carboxylic acids is 1. The van der Waals surface area contributed by atoms with E-state index < -0.39 is 48.9 Å². The molecular formula is C26H36O9. The van der Waals surface area contributed by atoms with E-state index in [9.17, 15) is 30.3 Å². The molecule has 0 saturated carbocycles. The van der Waals surface area contributed by atoms with E-state index in [2.05, 4.69) is 6.08 Å². The molecule has 5 N–H and O–H groups in total. The van der Waals surface area contributed by atoms with E-state index in [0.29, 0.717) is 29.7 Å². The maximum absolute atomic E-state index is 12.6. The molecule has 1 aliphatic carbocycles. The predicted octanol–water partition coefficient (Wildman–Crippen LogP) is 2.33. The Morgan fingerprint density at radius 3 is 2.57 bits per heavy atom. The molecule has 1 saturated heterocycles. The van der Waals surface area contributed by atoms with Crippen molar-refractivity contribution in [3.63, 3.8) is 0 Å². The van der Waals surface area contributed by atoms with Crippen molar-refractivity contribution in [3.05, 3.63) is 34.4 Å². The highest BCUT2D eigenvalue weighted by Gasteiger charge is 2.49. The second kappa shape index (κ2) is 9.71. The van der Waals surface area contributed by atoms with Crippen molar-refractivity contribution < 1.29 is 44.5 Å². The number of hydrogen-bond donors (Lipinski definition) is 5. The number of benzene rings is 1. The number of carbonyl (C=O) groups is 1. The van der Waals surface area contributed by atoms with Gasteiger partial charge in [-0.25, -0.2) is 4.79 Å².